The predicted octanol–water partition coefficient (Wildman–Crippen LogP) is 2.98. The first-order valence-corrected chi connectivity index (χ1v) is 6.64. The molecule has 0 saturated heterocycles. The van der Waals surface area contributed by atoms with E-state index in [1.165, 1.54) is 5.69 Å². The van der Waals surface area contributed by atoms with Crippen molar-refractivity contribution in [3.05, 3.63) is 42.1 Å². The Morgan fingerprint density at radius 1 is 1.33 bits per heavy atom. The number of hydrogen-bond acceptors (Lipinski definition) is 3. The molecule has 1 unspecified atom stereocenters. The van der Waals surface area contributed by atoms with Crippen LogP contribution < -0.4 is 5.32 Å². The second kappa shape index (κ2) is 6.40. The minimum atomic E-state index is 0.165. The third kappa shape index (κ3) is 2.82. The molecule has 98 valence electrons. The van der Waals surface area contributed by atoms with Gasteiger partial charge in [-0.3, -0.25) is 4.68 Å². The van der Waals surface area contributed by atoms with Crippen molar-refractivity contribution in [2.45, 2.75) is 39.3 Å². The Labute approximate surface area is 108 Å². The molecule has 2 heterocycles. The molecule has 4 heteroatoms. The summed E-state index contributed by atoms with van der Waals surface area (Å²) in [6, 6.07) is 4.25. The molecule has 2 rings (SSSR count). The average molecular weight is 247 g/mol. The van der Waals surface area contributed by atoms with Crippen molar-refractivity contribution in [1.82, 2.24) is 15.1 Å². The topological polar surface area (TPSA) is 43.0 Å². The third-order valence-corrected chi connectivity index (χ3v) is 2.96. The van der Waals surface area contributed by atoms with Gasteiger partial charge in [-0.1, -0.05) is 13.8 Å². The van der Waals surface area contributed by atoms with Crippen LogP contribution in [0.2, 0.25) is 0 Å². The van der Waals surface area contributed by atoms with Gasteiger partial charge in [0.25, 0.3) is 0 Å². The van der Waals surface area contributed by atoms with Crippen LogP contribution in [0.5, 0.6) is 0 Å². The van der Waals surface area contributed by atoms with Crippen LogP contribution in [-0.2, 0) is 6.54 Å². The third-order valence-electron chi connectivity index (χ3n) is 2.96. The molecule has 0 radical (unpaired) electrons. The molecule has 0 aliphatic rings. The van der Waals surface area contributed by atoms with Gasteiger partial charge in [-0.15, -0.1) is 0 Å². The maximum absolute atomic E-state index is 5.20. The summed E-state index contributed by atoms with van der Waals surface area (Å²) in [5.74, 6) is 0. The van der Waals surface area contributed by atoms with E-state index in [4.69, 9.17) is 4.42 Å². The molecular weight excluding hydrogens is 226 g/mol. The van der Waals surface area contributed by atoms with E-state index in [2.05, 4.69) is 35.0 Å². The van der Waals surface area contributed by atoms with Gasteiger partial charge in [0.05, 0.1) is 24.3 Å². The smallest absolute Gasteiger partial charge is 0.0954 e. The first-order chi connectivity index (χ1) is 8.86. The maximum atomic E-state index is 5.20. The monoisotopic (exact) mass is 247 g/mol. The highest BCUT2D eigenvalue weighted by Gasteiger charge is 2.18. The molecule has 1 atom stereocenters. The summed E-state index contributed by atoms with van der Waals surface area (Å²) in [5, 5.41) is 7.94. The van der Waals surface area contributed by atoms with Crippen LogP contribution in [0.25, 0.3) is 0 Å². The summed E-state index contributed by atoms with van der Waals surface area (Å²) >= 11 is 0. The summed E-state index contributed by atoms with van der Waals surface area (Å²) in [6.45, 7) is 6.26. The molecule has 4 nitrogen and oxygen atoms in total. The fourth-order valence-electron chi connectivity index (χ4n) is 2.11. The summed E-state index contributed by atoms with van der Waals surface area (Å²) in [7, 11) is 0. The van der Waals surface area contributed by atoms with Crippen LogP contribution in [0.15, 0.2) is 35.3 Å². The minimum absolute atomic E-state index is 0.165. The second-order valence-electron chi connectivity index (χ2n) is 4.42. The van der Waals surface area contributed by atoms with E-state index < -0.39 is 0 Å². The van der Waals surface area contributed by atoms with Gasteiger partial charge in [0.2, 0.25) is 0 Å². The molecule has 2 aromatic rings. The molecule has 0 aliphatic carbocycles. The van der Waals surface area contributed by atoms with Crippen molar-refractivity contribution in [2.75, 3.05) is 6.54 Å². The SMILES string of the molecule is CCCNC(c1ccoc1)c1ccnn1CCC. The lowest BCUT2D eigenvalue weighted by Crippen LogP contribution is -2.25. The average Bonchev–Trinajstić information content (AvgIpc) is 3.02. The molecule has 2 aromatic heterocycles. The van der Waals surface area contributed by atoms with Gasteiger partial charge in [0.1, 0.15) is 0 Å². The molecule has 1 N–H and O–H groups in total. The summed E-state index contributed by atoms with van der Waals surface area (Å²) in [6.07, 6.45) is 7.58. The van der Waals surface area contributed by atoms with E-state index in [0.717, 1.165) is 31.5 Å². The van der Waals surface area contributed by atoms with Crippen LogP contribution in [-0.4, -0.2) is 16.3 Å². The minimum Gasteiger partial charge on any atom is -0.472 e. The van der Waals surface area contributed by atoms with E-state index in [1.807, 2.05) is 12.3 Å². The van der Waals surface area contributed by atoms with Gasteiger partial charge in [-0.05, 0) is 31.5 Å². The highest BCUT2D eigenvalue weighted by atomic mass is 16.3. The molecule has 18 heavy (non-hydrogen) atoms. The van der Waals surface area contributed by atoms with Gasteiger partial charge in [0.15, 0.2) is 0 Å². The zero-order chi connectivity index (χ0) is 12.8. The molecule has 0 aromatic carbocycles. The zero-order valence-electron chi connectivity index (χ0n) is 11.1. The molecule has 0 fully saturated rings. The van der Waals surface area contributed by atoms with Crippen LogP contribution in [0.4, 0.5) is 0 Å². The van der Waals surface area contributed by atoms with Crippen LogP contribution >= 0.6 is 0 Å². The van der Waals surface area contributed by atoms with E-state index >= 15 is 0 Å². The summed E-state index contributed by atoms with van der Waals surface area (Å²) in [4.78, 5) is 0. The number of nitrogens with one attached hydrogen (secondary N) is 1. The van der Waals surface area contributed by atoms with Crippen LogP contribution in [0.1, 0.15) is 44.0 Å². The molecule has 0 bridgehead atoms. The van der Waals surface area contributed by atoms with Crippen molar-refractivity contribution in [3.63, 3.8) is 0 Å². The molecule has 0 spiro atoms. The Bertz CT molecular complexity index is 447. The lowest BCUT2D eigenvalue weighted by Gasteiger charge is -2.18. The van der Waals surface area contributed by atoms with Crippen LogP contribution in [0, 0.1) is 0 Å². The number of furan rings is 1. The number of rotatable bonds is 7. The van der Waals surface area contributed by atoms with E-state index in [0.29, 0.717) is 0 Å². The Balaban J connectivity index is 2.24. The summed E-state index contributed by atoms with van der Waals surface area (Å²) < 4.78 is 7.27. The van der Waals surface area contributed by atoms with Crippen LogP contribution in [0.3, 0.4) is 0 Å². The quantitative estimate of drug-likeness (QED) is 0.818. The Morgan fingerprint density at radius 2 is 2.22 bits per heavy atom. The molecule has 0 aliphatic heterocycles. The number of nitrogens with zero attached hydrogens (tertiary/aromatic N) is 2. The predicted molar refractivity (Wildman–Crippen MR) is 71.4 cm³/mol. The maximum Gasteiger partial charge on any atom is 0.0954 e. The van der Waals surface area contributed by atoms with Crippen molar-refractivity contribution >= 4 is 0 Å². The highest BCUT2D eigenvalue weighted by molar-refractivity contribution is 5.24. The largest absolute Gasteiger partial charge is 0.472 e. The van der Waals surface area contributed by atoms with E-state index in [-0.39, 0.29) is 6.04 Å². The van der Waals surface area contributed by atoms with Gasteiger partial charge >= 0.3 is 0 Å². The Hall–Kier alpha value is -1.55. The second-order valence-corrected chi connectivity index (χ2v) is 4.42. The first kappa shape index (κ1) is 12.9. The van der Waals surface area contributed by atoms with E-state index in [9.17, 15) is 0 Å². The number of aryl methyl sites for hydroxylation is 1. The Morgan fingerprint density at radius 3 is 2.89 bits per heavy atom. The Kier molecular flexibility index (Phi) is 4.59. The lowest BCUT2D eigenvalue weighted by atomic mass is 10.1. The lowest BCUT2D eigenvalue weighted by molar-refractivity contribution is 0.503. The number of aromatic nitrogens is 2. The molecular formula is C14H21N3O. The molecule has 0 amide bonds. The van der Waals surface area contributed by atoms with Gasteiger partial charge in [0, 0.05) is 18.3 Å². The van der Waals surface area contributed by atoms with Crippen molar-refractivity contribution in [3.8, 4) is 0 Å². The van der Waals surface area contributed by atoms with Gasteiger partial charge in [-0.2, -0.15) is 5.10 Å². The van der Waals surface area contributed by atoms with E-state index in [1.54, 1.807) is 12.5 Å². The van der Waals surface area contributed by atoms with Gasteiger partial charge in [-0.25, -0.2) is 0 Å². The first-order valence-electron chi connectivity index (χ1n) is 6.64. The molecule has 0 saturated carbocycles. The highest BCUT2D eigenvalue weighted by Crippen LogP contribution is 2.22. The fraction of sp³-hybridized carbons (Fsp3) is 0.500. The number of hydrogen-bond donors (Lipinski definition) is 1. The standard InChI is InChI=1S/C14H21N3O/c1-3-7-15-14(12-6-10-18-11-12)13-5-8-16-17(13)9-4-2/h5-6,8,10-11,14-15H,3-4,7,9H2,1-2H3. The normalized spacial score (nSPS) is 12.8. The van der Waals surface area contributed by atoms with Gasteiger partial charge < -0.3 is 9.73 Å². The fourth-order valence-corrected chi connectivity index (χ4v) is 2.11. The van der Waals surface area contributed by atoms with Crippen molar-refractivity contribution < 1.29 is 4.42 Å². The zero-order valence-corrected chi connectivity index (χ0v) is 11.1. The summed E-state index contributed by atoms with van der Waals surface area (Å²) in [5.41, 5.74) is 2.35. The van der Waals surface area contributed by atoms with Crippen molar-refractivity contribution in [1.29, 1.82) is 0 Å². The van der Waals surface area contributed by atoms with Crippen molar-refractivity contribution in [2.24, 2.45) is 0 Å².